The van der Waals surface area contributed by atoms with Crippen LogP contribution in [0.4, 0.5) is 24.8 Å². The number of alkyl halides is 3. The van der Waals surface area contributed by atoms with Gasteiger partial charge in [0.05, 0.1) is 24.0 Å². The van der Waals surface area contributed by atoms with Crippen molar-refractivity contribution in [2.24, 2.45) is 0 Å². The number of halogens is 3. The molecule has 140 valence electrons. The number of nitrogens with one attached hydrogen (secondary N) is 1. The Morgan fingerprint density at radius 2 is 1.92 bits per heavy atom. The number of aliphatic hydroxyl groups is 1. The zero-order valence-electron chi connectivity index (χ0n) is 14.8. The Labute approximate surface area is 148 Å². The first-order chi connectivity index (χ1) is 11.8. The molecular weight excluding hydrogens is 349 g/mol. The number of aromatic nitrogens is 2. The van der Waals surface area contributed by atoms with E-state index in [2.05, 4.69) is 15.1 Å². The molecule has 1 aromatic carbocycles. The van der Waals surface area contributed by atoms with Gasteiger partial charge in [-0.05, 0) is 39.8 Å². The van der Waals surface area contributed by atoms with Crippen molar-refractivity contribution in [1.82, 2.24) is 9.55 Å². The van der Waals surface area contributed by atoms with Gasteiger partial charge < -0.3 is 9.67 Å². The molecule has 1 atom stereocenters. The number of hydrogen-bond donors (Lipinski definition) is 2. The summed E-state index contributed by atoms with van der Waals surface area (Å²) in [5.74, 6) is -0.962. The third-order valence-electron chi connectivity index (χ3n) is 3.80. The van der Waals surface area contributed by atoms with Crippen molar-refractivity contribution in [1.29, 1.82) is 0 Å². The lowest BCUT2D eigenvalue weighted by atomic mass is 10.0. The number of fused-ring (bicyclic) bond motifs is 1. The van der Waals surface area contributed by atoms with Crippen molar-refractivity contribution >= 4 is 28.6 Å². The lowest BCUT2D eigenvalue weighted by Gasteiger charge is -2.27. The highest BCUT2D eigenvalue weighted by Gasteiger charge is 2.51. The van der Waals surface area contributed by atoms with E-state index in [0.717, 1.165) is 0 Å². The molecule has 0 radical (unpaired) electrons. The average Bonchev–Trinajstić information content (AvgIpc) is 2.81. The molecule has 0 spiro atoms. The highest BCUT2D eigenvalue weighted by molar-refractivity contribution is 5.93. The minimum atomic E-state index is -4.93. The molecule has 0 aliphatic carbocycles. The molecule has 2 rings (SSSR count). The number of anilines is 1. The third-order valence-corrected chi connectivity index (χ3v) is 3.80. The number of benzene rings is 1. The van der Waals surface area contributed by atoms with Crippen molar-refractivity contribution in [3.63, 3.8) is 0 Å². The van der Waals surface area contributed by atoms with Crippen LogP contribution in [0.1, 0.15) is 34.1 Å². The van der Waals surface area contributed by atoms with Gasteiger partial charge in [-0.3, -0.25) is 10.1 Å². The fourth-order valence-corrected chi connectivity index (χ4v) is 2.48. The highest BCUT2D eigenvalue weighted by Crippen LogP contribution is 2.34. The predicted molar refractivity (Wildman–Crippen MR) is 90.9 cm³/mol. The number of carbonyl (C=O) groups excluding carboxylic acids is 1. The molecule has 0 saturated carbocycles. The van der Waals surface area contributed by atoms with Crippen molar-refractivity contribution in [3.8, 4) is 0 Å². The third kappa shape index (κ3) is 3.80. The number of hydrogen-bond acceptors (Lipinski definition) is 3. The second kappa shape index (κ2) is 6.29. The zero-order chi connectivity index (χ0) is 19.9. The van der Waals surface area contributed by atoms with Crippen LogP contribution in [0.25, 0.3) is 15.9 Å². The van der Waals surface area contributed by atoms with E-state index < -0.39 is 29.6 Å². The van der Waals surface area contributed by atoms with Crippen LogP contribution < -0.4 is 5.32 Å². The van der Waals surface area contributed by atoms with Crippen molar-refractivity contribution in [2.75, 3.05) is 5.32 Å². The predicted octanol–water partition coefficient (Wildman–Crippen LogP) is 3.98. The van der Waals surface area contributed by atoms with E-state index in [1.165, 1.54) is 0 Å². The van der Waals surface area contributed by atoms with E-state index in [1.54, 1.807) is 22.8 Å². The molecule has 1 amide bonds. The van der Waals surface area contributed by atoms with Crippen LogP contribution in [0.5, 0.6) is 0 Å². The van der Waals surface area contributed by atoms with Gasteiger partial charge in [0.25, 0.3) is 0 Å². The summed E-state index contributed by atoms with van der Waals surface area (Å²) in [6, 6.07) is 4.77. The molecule has 6 nitrogen and oxygen atoms in total. The van der Waals surface area contributed by atoms with Crippen LogP contribution >= 0.6 is 0 Å². The molecule has 2 N–H and O–H groups in total. The molecule has 0 saturated heterocycles. The lowest BCUT2D eigenvalue weighted by molar-refractivity contribution is -0.253. The molecular formula is C17H19F3N4O2. The summed E-state index contributed by atoms with van der Waals surface area (Å²) < 4.78 is 40.0. The lowest BCUT2D eigenvalue weighted by Crippen LogP contribution is -2.45. The molecule has 26 heavy (non-hydrogen) atoms. The SMILES string of the molecule is [C-]#[N+]c1ccc2nc(NC(=O)C[C@@](C)(O)C(F)(F)F)n(C(C)(C)C)c2c1. The zero-order valence-corrected chi connectivity index (χ0v) is 14.8. The summed E-state index contributed by atoms with van der Waals surface area (Å²) in [6.07, 6.45) is -6.09. The van der Waals surface area contributed by atoms with Crippen LogP contribution in [-0.4, -0.2) is 32.3 Å². The van der Waals surface area contributed by atoms with Crippen LogP contribution in [0.3, 0.4) is 0 Å². The number of nitrogens with zero attached hydrogens (tertiary/aromatic N) is 3. The average molecular weight is 368 g/mol. The molecule has 0 aliphatic heterocycles. The monoisotopic (exact) mass is 368 g/mol. The summed E-state index contributed by atoms with van der Waals surface area (Å²) in [5.41, 5.74) is -2.27. The highest BCUT2D eigenvalue weighted by atomic mass is 19.4. The molecule has 1 heterocycles. The Kier molecular flexibility index (Phi) is 4.77. The molecule has 0 unspecified atom stereocenters. The van der Waals surface area contributed by atoms with Gasteiger partial charge in [0.2, 0.25) is 11.9 Å². The van der Waals surface area contributed by atoms with E-state index in [0.29, 0.717) is 23.6 Å². The van der Waals surface area contributed by atoms with Gasteiger partial charge in [0.15, 0.2) is 11.3 Å². The maximum atomic E-state index is 12.8. The minimum absolute atomic E-state index is 0.0533. The number of imidazole rings is 1. The smallest absolute Gasteiger partial charge is 0.380 e. The van der Waals surface area contributed by atoms with Gasteiger partial charge in [-0.2, -0.15) is 13.2 Å². The second-order valence-electron chi connectivity index (χ2n) is 7.22. The van der Waals surface area contributed by atoms with Crippen LogP contribution in [0, 0.1) is 6.57 Å². The summed E-state index contributed by atoms with van der Waals surface area (Å²) in [6.45, 7) is 13.2. The van der Waals surface area contributed by atoms with Crippen molar-refractivity contribution < 1.29 is 23.1 Å². The van der Waals surface area contributed by atoms with E-state index in [1.807, 2.05) is 20.8 Å². The summed E-state index contributed by atoms with van der Waals surface area (Å²) >= 11 is 0. The molecule has 1 aromatic heterocycles. The largest absolute Gasteiger partial charge is 0.417 e. The van der Waals surface area contributed by atoms with Gasteiger partial charge >= 0.3 is 6.18 Å². The quantitative estimate of drug-likeness (QED) is 0.805. The van der Waals surface area contributed by atoms with Crippen LogP contribution in [-0.2, 0) is 10.3 Å². The summed E-state index contributed by atoms with van der Waals surface area (Å²) in [5, 5.41) is 11.8. The molecule has 0 aliphatic rings. The Balaban J connectivity index is 2.44. The summed E-state index contributed by atoms with van der Waals surface area (Å²) in [7, 11) is 0. The molecule has 9 heteroatoms. The fourth-order valence-electron chi connectivity index (χ4n) is 2.48. The fraction of sp³-hybridized carbons (Fsp3) is 0.471. The van der Waals surface area contributed by atoms with Crippen LogP contribution in [0.2, 0.25) is 0 Å². The Morgan fingerprint density at radius 1 is 1.31 bits per heavy atom. The van der Waals surface area contributed by atoms with Gasteiger partial charge in [-0.1, -0.05) is 6.07 Å². The van der Waals surface area contributed by atoms with E-state index in [4.69, 9.17) is 6.57 Å². The standard InChI is InChI=1S/C17H19F3N4O2/c1-15(2,3)24-12-8-10(21-5)6-7-11(12)22-14(24)23-13(25)9-16(4,26)17(18,19)20/h6-8,26H,9H2,1-4H3,(H,22,23,25)/t16-/m1/s1. The van der Waals surface area contributed by atoms with E-state index >= 15 is 0 Å². The Bertz CT molecular complexity index is 886. The molecule has 2 aromatic rings. The van der Waals surface area contributed by atoms with Gasteiger partial charge in [-0.25, -0.2) is 9.83 Å². The first-order valence-electron chi connectivity index (χ1n) is 7.76. The van der Waals surface area contributed by atoms with Crippen molar-refractivity contribution in [3.05, 3.63) is 29.6 Å². The van der Waals surface area contributed by atoms with Crippen LogP contribution in [0.15, 0.2) is 18.2 Å². The first-order valence-corrected chi connectivity index (χ1v) is 7.76. The normalized spacial score (nSPS) is 14.7. The number of amides is 1. The van der Waals surface area contributed by atoms with Gasteiger partial charge in [0, 0.05) is 5.54 Å². The number of carbonyl (C=O) groups is 1. The van der Waals surface area contributed by atoms with Gasteiger partial charge in [0.1, 0.15) is 0 Å². The maximum Gasteiger partial charge on any atom is 0.417 e. The summed E-state index contributed by atoms with van der Waals surface area (Å²) in [4.78, 5) is 19.7. The minimum Gasteiger partial charge on any atom is -0.380 e. The molecule has 0 fully saturated rings. The second-order valence-corrected chi connectivity index (χ2v) is 7.22. The molecule has 0 bridgehead atoms. The topological polar surface area (TPSA) is 71.5 Å². The maximum absolute atomic E-state index is 12.8. The van der Waals surface area contributed by atoms with Gasteiger partial charge in [-0.15, -0.1) is 0 Å². The first kappa shape index (κ1) is 19.7. The Morgan fingerprint density at radius 3 is 2.42 bits per heavy atom. The number of rotatable bonds is 3. The van der Waals surface area contributed by atoms with E-state index in [9.17, 15) is 23.1 Å². The Hall–Kier alpha value is -2.60. The van der Waals surface area contributed by atoms with Crippen molar-refractivity contribution in [2.45, 2.75) is 51.4 Å². The van der Waals surface area contributed by atoms with E-state index in [-0.39, 0.29) is 5.95 Å².